The summed E-state index contributed by atoms with van der Waals surface area (Å²) in [5, 5.41) is 27.0. The summed E-state index contributed by atoms with van der Waals surface area (Å²) in [7, 11) is 0. The Kier molecular flexibility index (Phi) is 15.1. The molecule has 0 unspecified atom stereocenters. The molecule has 0 amide bonds. The van der Waals surface area contributed by atoms with Gasteiger partial charge in [0.05, 0.1) is 0 Å². The van der Waals surface area contributed by atoms with E-state index in [-0.39, 0.29) is 6.42 Å². The van der Waals surface area contributed by atoms with Crippen molar-refractivity contribution in [3.8, 4) is 0 Å². The zero-order valence-corrected chi connectivity index (χ0v) is 14.9. The van der Waals surface area contributed by atoms with Crippen LogP contribution in [-0.2, 0) is 4.79 Å². The Hall–Kier alpha value is -1.03. The zero-order valence-electron chi connectivity index (χ0n) is 14.9. The molecule has 0 fully saturated rings. The second-order valence-electron chi connectivity index (χ2n) is 6.37. The summed E-state index contributed by atoms with van der Waals surface area (Å²) in [4.78, 5) is 11.5. The van der Waals surface area contributed by atoms with Crippen molar-refractivity contribution in [2.45, 2.75) is 96.8 Å². The minimum Gasteiger partial charge on any atom is -0.506 e. The first kappa shape index (κ1) is 22.0. The smallest absolute Gasteiger partial charge is 0.200 e. The van der Waals surface area contributed by atoms with E-state index in [1.165, 1.54) is 64.2 Å². The topological polar surface area (TPSA) is 77.8 Å². The molecule has 0 aromatic heterocycles. The summed E-state index contributed by atoms with van der Waals surface area (Å²) < 4.78 is 0. The van der Waals surface area contributed by atoms with Crippen LogP contribution in [0.4, 0.5) is 0 Å². The molecule has 0 aliphatic rings. The van der Waals surface area contributed by atoms with Gasteiger partial charge in [0, 0.05) is 6.42 Å². The van der Waals surface area contributed by atoms with E-state index >= 15 is 0 Å². The Morgan fingerprint density at radius 2 is 1.09 bits per heavy atom. The number of allylic oxidation sites excluding steroid dienone is 1. The third kappa shape index (κ3) is 13.1. The zero-order chi connectivity index (χ0) is 17.3. The van der Waals surface area contributed by atoms with Crippen molar-refractivity contribution in [2.75, 3.05) is 6.61 Å². The summed E-state index contributed by atoms with van der Waals surface area (Å²) in [6.07, 6.45) is 16.3. The Labute approximate surface area is 141 Å². The van der Waals surface area contributed by atoms with Crippen LogP contribution < -0.4 is 0 Å². The van der Waals surface area contributed by atoms with Gasteiger partial charge >= 0.3 is 0 Å². The first-order valence-electron chi connectivity index (χ1n) is 9.38. The predicted molar refractivity (Wildman–Crippen MR) is 94.7 cm³/mol. The average Bonchev–Trinajstić information content (AvgIpc) is 2.57. The number of hydrogen-bond acceptors (Lipinski definition) is 4. The van der Waals surface area contributed by atoms with E-state index < -0.39 is 23.9 Å². The van der Waals surface area contributed by atoms with Gasteiger partial charge in [0.25, 0.3) is 0 Å². The van der Waals surface area contributed by atoms with E-state index in [1.54, 1.807) is 0 Å². The summed E-state index contributed by atoms with van der Waals surface area (Å²) in [6.45, 7) is 1.55. The van der Waals surface area contributed by atoms with Crippen LogP contribution in [0, 0.1) is 0 Å². The third-order valence-electron chi connectivity index (χ3n) is 4.19. The number of rotatable bonds is 16. The molecule has 4 nitrogen and oxygen atoms in total. The SMILES string of the molecule is CCCCCCCCCCCCCCCC(=O)C(O)=C(O)CO. The summed E-state index contributed by atoms with van der Waals surface area (Å²) >= 11 is 0. The molecule has 4 heteroatoms. The number of carbonyl (C=O) groups excluding carboxylic acids is 1. The lowest BCUT2D eigenvalue weighted by atomic mass is 10.0. The maximum Gasteiger partial charge on any atom is 0.200 e. The van der Waals surface area contributed by atoms with Crippen molar-refractivity contribution in [1.82, 2.24) is 0 Å². The Bertz CT molecular complexity index is 323. The fraction of sp³-hybridized carbons (Fsp3) is 0.842. The second kappa shape index (κ2) is 15.9. The molecule has 0 aliphatic carbocycles. The third-order valence-corrected chi connectivity index (χ3v) is 4.19. The quantitative estimate of drug-likeness (QED) is 0.202. The normalized spacial score (nSPS) is 12.3. The molecule has 0 aromatic carbocycles. The lowest BCUT2D eigenvalue weighted by Crippen LogP contribution is -2.07. The van der Waals surface area contributed by atoms with Gasteiger partial charge in [-0.25, -0.2) is 0 Å². The van der Waals surface area contributed by atoms with Crippen molar-refractivity contribution >= 4 is 5.78 Å². The molecular formula is C19H36O4. The van der Waals surface area contributed by atoms with E-state index in [9.17, 15) is 9.90 Å². The van der Waals surface area contributed by atoms with Crippen LogP contribution in [0.3, 0.4) is 0 Å². The Morgan fingerprint density at radius 1 is 0.696 bits per heavy atom. The minimum absolute atomic E-state index is 0.230. The fourth-order valence-corrected chi connectivity index (χ4v) is 2.66. The summed E-state index contributed by atoms with van der Waals surface area (Å²) in [5.41, 5.74) is 0. The van der Waals surface area contributed by atoms with Gasteiger partial charge in [0.1, 0.15) is 6.61 Å². The van der Waals surface area contributed by atoms with E-state index in [0.717, 1.165) is 19.3 Å². The standard InChI is InChI=1S/C19H36O4/c1-2-3-4-5-6-7-8-9-10-11-12-13-14-15-17(21)19(23)18(22)16-20/h20,22-23H,2-16H2,1H3. The molecule has 23 heavy (non-hydrogen) atoms. The van der Waals surface area contributed by atoms with Gasteiger partial charge < -0.3 is 15.3 Å². The Morgan fingerprint density at radius 3 is 1.48 bits per heavy atom. The van der Waals surface area contributed by atoms with Crippen LogP contribution in [0.2, 0.25) is 0 Å². The number of aliphatic hydroxyl groups is 3. The van der Waals surface area contributed by atoms with Gasteiger partial charge in [-0.05, 0) is 6.42 Å². The van der Waals surface area contributed by atoms with Gasteiger partial charge in [-0.1, -0.05) is 84.0 Å². The molecule has 0 aliphatic heterocycles. The lowest BCUT2D eigenvalue weighted by molar-refractivity contribution is -0.118. The highest BCUT2D eigenvalue weighted by Crippen LogP contribution is 2.13. The van der Waals surface area contributed by atoms with E-state index in [0.29, 0.717) is 0 Å². The Balaban J connectivity index is 3.33. The first-order chi connectivity index (χ1) is 11.1. The number of unbranched alkanes of at least 4 members (excludes halogenated alkanes) is 12. The van der Waals surface area contributed by atoms with Crippen LogP contribution in [0.5, 0.6) is 0 Å². The molecule has 0 radical (unpaired) electrons. The van der Waals surface area contributed by atoms with Gasteiger partial charge in [-0.15, -0.1) is 0 Å². The highest BCUT2D eigenvalue weighted by atomic mass is 16.3. The summed E-state index contributed by atoms with van der Waals surface area (Å²) in [5.74, 6) is -1.81. The van der Waals surface area contributed by atoms with E-state index in [1.807, 2.05) is 0 Å². The molecule has 0 aromatic rings. The monoisotopic (exact) mass is 328 g/mol. The van der Waals surface area contributed by atoms with E-state index in [2.05, 4.69) is 6.92 Å². The van der Waals surface area contributed by atoms with Crippen LogP contribution in [-0.4, -0.2) is 27.7 Å². The molecule has 0 saturated carbocycles. The number of aliphatic hydroxyl groups excluding tert-OH is 3. The molecule has 0 heterocycles. The molecule has 0 bridgehead atoms. The van der Waals surface area contributed by atoms with Crippen molar-refractivity contribution in [2.24, 2.45) is 0 Å². The summed E-state index contributed by atoms with van der Waals surface area (Å²) in [6, 6.07) is 0. The average molecular weight is 328 g/mol. The van der Waals surface area contributed by atoms with Gasteiger partial charge in [0.15, 0.2) is 11.5 Å². The molecule has 0 atom stereocenters. The van der Waals surface area contributed by atoms with Crippen molar-refractivity contribution in [1.29, 1.82) is 0 Å². The molecular weight excluding hydrogens is 292 g/mol. The van der Waals surface area contributed by atoms with Crippen molar-refractivity contribution in [3.05, 3.63) is 11.5 Å². The van der Waals surface area contributed by atoms with Crippen LogP contribution in [0.1, 0.15) is 96.8 Å². The lowest BCUT2D eigenvalue weighted by Gasteiger charge is -2.04. The number of carbonyl (C=O) groups is 1. The largest absolute Gasteiger partial charge is 0.506 e. The van der Waals surface area contributed by atoms with Crippen molar-refractivity contribution < 1.29 is 20.1 Å². The maximum absolute atomic E-state index is 11.5. The number of hydrogen-bond donors (Lipinski definition) is 3. The fourth-order valence-electron chi connectivity index (χ4n) is 2.66. The second-order valence-corrected chi connectivity index (χ2v) is 6.37. The molecule has 0 spiro atoms. The van der Waals surface area contributed by atoms with Crippen LogP contribution in [0.15, 0.2) is 11.5 Å². The van der Waals surface area contributed by atoms with Crippen LogP contribution in [0.25, 0.3) is 0 Å². The molecule has 136 valence electrons. The maximum atomic E-state index is 11.5. The number of ketones is 1. The van der Waals surface area contributed by atoms with Gasteiger partial charge in [-0.2, -0.15) is 0 Å². The van der Waals surface area contributed by atoms with Crippen LogP contribution >= 0.6 is 0 Å². The minimum atomic E-state index is -0.698. The van der Waals surface area contributed by atoms with Gasteiger partial charge in [-0.3, -0.25) is 4.79 Å². The van der Waals surface area contributed by atoms with E-state index in [4.69, 9.17) is 10.2 Å². The van der Waals surface area contributed by atoms with Crippen molar-refractivity contribution in [3.63, 3.8) is 0 Å². The number of Topliss-reactive ketones (excluding diaryl/α,β-unsaturated/α-hetero) is 1. The highest BCUT2D eigenvalue weighted by Gasteiger charge is 2.12. The highest BCUT2D eigenvalue weighted by molar-refractivity contribution is 5.93. The van der Waals surface area contributed by atoms with Gasteiger partial charge in [0.2, 0.25) is 5.78 Å². The molecule has 0 saturated heterocycles. The first-order valence-corrected chi connectivity index (χ1v) is 9.38. The molecule has 0 rings (SSSR count). The molecule has 3 N–H and O–H groups in total. The predicted octanol–water partition coefficient (Wildman–Crippen LogP) is 5.36.